The Labute approximate surface area is 99.6 Å². The molecule has 0 spiro atoms. The van der Waals surface area contributed by atoms with Crippen LogP contribution in [0.2, 0.25) is 5.02 Å². The highest BCUT2D eigenvalue weighted by atomic mass is 35.5. The molecule has 1 atom stereocenters. The van der Waals surface area contributed by atoms with Crippen LogP contribution in [-0.4, -0.2) is 17.6 Å². The minimum atomic E-state index is -0.882. The van der Waals surface area contributed by atoms with Gasteiger partial charge in [0.2, 0.25) is 0 Å². The van der Waals surface area contributed by atoms with E-state index in [0.717, 1.165) is 5.56 Å². The van der Waals surface area contributed by atoms with Crippen LogP contribution in [0.15, 0.2) is 24.3 Å². The average Bonchev–Trinajstić information content (AvgIpc) is 2.16. The Bertz CT molecular complexity index is 331. The van der Waals surface area contributed by atoms with Gasteiger partial charge in [-0.15, -0.1) is 12.4 Å². The summed E-state index contributed by atoms with van der Waals surface area (Å²) in [6.45, 7) is 0.126. The Hall–Kier alpha value is -0.770. The van der Waals surface area contributed by atoms with Crippen LogP contribution in [0, 0.1) is 5.92 Å². The van der Waals surface area contributed by atoms with Gasteiger partial charge in [0.15, 0.2) is 0 Å². The first-order chi connectivity index (χ1) is 6.65. The van der Waals surface area contributed by atoms with Crippen molar-refractivity contribution in [2.75, 3.05) is 6.54 Å². The number of nitrogens with two attached hydrogens (primary N) is 1. The van der Waals surface area contributed by atoms with Crippen LogP contribution in [0.3, 0.4) is 0 Å². The van der Waals surface area contributed by atoms with Crippen LogP contribution in [0.25, 0.3) is 0 Å². The lowest BCUT2D eigenvalue weighted by atomic mass is 10.00. The first-order valence-electron chi connectivity index (χ1n) is 4.31. The van der Waals surface area contributed by atoms with Gasteiger partial charge in [-0.1, -0.05) is 29.8 Å². The minimum absolute atomic E-state index is 0. The smallest absolute Gasteiger partial charge is 0.308 e. The molecule has 0 bridgehead atoms. The van der Waals surface area contributed by atoms with E-state index in [-0.39, 0.29) is 19.0 Å². The molecule has 0 heterocycles. The Kier molecular flexibility index (Phi) is 6.32. The summed E-state index contributed by atoms with van der Waals surface area (Å²) in [5, 5.41) is 9.39. The van der Waals surface area contributed by atoms with Crippen LogP contribution in [-0.2, 0) is 11.2 Å². The fraction of sp³-hybridized carbons (Fsp3) is 0.300. The highest BCUT2D eigenvalue weighted by Crippen LogP contribution is 2.18. The molecule has 84 valence electrons. The molecule has 1 aromatic rings. The van der Waals surface area contributed by atoms with E-state index in [4.69, 9.17) is 22.4 Å². The number of aliphatic carboxylic acids is 1. The van der Waals surface area contributed by atoms with Gasteiger partial charge in [0.25, 0.3) is 0 Å². The molecule has 15 heavy (non-hydrogen) atoms. The molecule has 5 heteroatoms. The largest absolute Gasteiger partial charge is 0.481 e. The summed E-state index contributed by atoms with van der Waals surface area (Å²) < 4.78 is 0. The lowest BCUT2D eigenvalue weighted by Gasteiger charge is -2.10. The molecule has 0 fully saturated rings. The van der Waals surface area contributed by atoms with Crippen LogP contribution in [0.5, 0.6) is 0 Å². The maximum absolute atomic E-state index is 10.7. The molecule has 3 nitrogen and oxygen atoms in total. The summed E-state index contributed by atoms with van der Waals surface area (Å²) in [4.78, 5) is 10.7. The topological polar surface area (TPSA) is 63.3 Å². The summed E-state index contributed by atoms with van der Waals surface area (Å²) in [5.74, 6) is -1.44. The standard InChI is InChI=1S/C10H12ClNO2.ClH/c11-9-4-2-1-3-7(9)5-8(6-12)10(13)14;/h1-4,8H,5-6,12H2,(H,13,14);1H/t8-;/m1./s1. The van der Waals surface area contributed by atoms with Gasteiger partial charge in [0.05, 0.1) is 5.92 Å². The molecule has 0 aliphatic heterocycles. The van der Waals surface area contributed by atoms with Gasteiger partial charge in [-0.3, -0.25) is 4.79 Å². The molecule has 1 rings (SSSR count). The highest BCUT2D eigenvalue weighted by molar-refractivity contribution is 6.31. The van der Waals surface area contributed by atoms with Crippen LogP contribution in [0.4, 0.5) is 0 Å². The molecule has 0 aliphatic rings. The lowest BCUT2D eigenvalue weighted by Crippen LogP contribution is -2.25. The number of benzene rings is 1. The van der Waals surface area contributed by atoms with Crippen molar-refractivity contribution in [1.29, 1.82) is 0 Å². The summed E-state index contributed by atoms with van der Waals surface area (Å²) in [6, 6.07) is 7.20. The van der Waals surface area contributed by atoms with E-state index in [9.17, 15) is 4.79 Å². The minimum Gasteiger partial charge on any atom is -0.481 e. The van der Waals surface area contributed by atoms with Gasteiger partial charge in [0, 0.05) is 11.6 Å². The molecule has 0 saturated heterocycles. The van der Waals surface area contributed by atoms with Crippen molar-refractivity contribution in [3.63, 3.8) is 0 Å². The van der Waals surface area contributed by atoms with Crippen molar-refractivity contribution in [3.8, 4) is 0 Å². The van der Waals surface area contributed by atoms with Crippen molar-refractivity contribution in [3.05, 3.63) is 34.9 Å². The number of carbonyl (C=O) groups is 1. The van der Waals surface area contributed by atoms with Gasteiger partial charge >= 0.3 is 5.97 Å². The van der Waals surface area contributed by atoms with E-state index in [1.165, 1.54) is 0 Å². The van der Waals surface area contributed by atoms with Gasteiger partial charge < -0.3 is 10.8 Å². The number of carboxylic acid groups (broad SMARTS) is 1. The predicted molar refractivity (Wildman–Crippen MR) is 62.6 cm³/mol. The van der Waals surface area contributed by atoms with E-state index in [2.05, 4.69) is 0 Å². The van der Waals surface area contributed by atoms with Crippen LogP contribution >= 0.6 is 24.0 Å². The Morgan fingerprint density at radius 2 is 2.07 bits per heavy atom. The number of hydrogen-bond donors (Lipinski definition) is 2. The second-order valence-corrected chi connectivity index (χ2v) is 3.47. The molecule has 0 aromatic heterocycles. The zero-order chi connectivity index (χ0) is 10.6. The Balaban J connectivity index is 0.00000196. The summed E-state index contributed by atoms with van der Waals surface area (Å²) in [5.41, 5.74) is 6.17. The van der Waals surface area contributed by atoms with Gasteiger partial charge in [0.1, 0.15) is 0 Å². The predicted octanol–water partition coefficient (Wildman–Crippen LogP) is 1.96. The van der Waals surface area contributed by atoms with Gasteiger partial charge in [-0.25, -0.2) is 0 Å². The molecule has 0 unspecified atom stereocenters. The first-order valence-corrected chi connectivity index (χ1v) is 4.69. The fourth-order valence-electron chi connectivity index (χ4n) is 1.20. The summed E-state index contributed by atoms with van der Waals surface area (Å²) >= 11 is 5.90. The molecule has 1 aromatic carbocycles. The summed E-state index contributed by atoms with van der Waals surface area (Å²) in [6.07, 6.45) is 0.380. The third-order valence-electron chi connectivity index (χ3n) is 2.06. The maximum Gasteiger partial charge on any atom is 0.308 e. The Morgan fingerprint density at radius 3 is 2.53 bits per heavy atom. The van der Waals surface area contributed by atoms with E-state index in [0.29, 0.717) is 11.4 Å². The van der Waals surface area contributed by atoms with Crippen molar-refractivity contribution < 1.29 is 9.90 Å². The van der Waals surface area contributed by atoms with E-state index in [1.807, 2.05) is 18.2 Å². The van der Waals surface area contributed by atoms with Crippen molar-refractivity contribution in [2.24, 2.45) is 11.7 Å². The molecule has 0 saturated carbocycles. The maximum atomic E-state index is 10.7. The second kappa shape index (κ2) is 6.67. The van der Waals surface area contributed by atoms with Gasteiger partial charge in [-0.2, -0.15) is 0 Å². The number of halogens is 2. The monoisotopic (exact) mass is 249 g/mol. The molecule has 0 aliphatic carbocycles. The molecular weight excluding hydrogens is 237 g/mol. The van der Waals surface area contributed by atoms with Crippen molar-refractivity contribution in [2.45, 2.75) is 6.42 Å². The zero-order valence-electron chi connectivity index (χ0n) is 8.02. The third-order valence-corrected chi connectivity index (χ3v) is 2.43. The number of carboxylic acids is 1. The molecular formula is C10H13Cl2NO2. The molecule has 3 N–H and O–H groups in total. The van der Waals surface area contributed by atoms with E-state index >= 15 is 0 Å². The molecule has 0 radical (unpaired) electrons. The number of hydrogen-bond acceptors (Lipinski definition) is 2. The SMILES string of the molecule is Cl.NC[C@@H](Cc1ccccc1Cl)C(=O)O. The fourth-order valence-corrected chi connectivity index (χ4v) is 1.41. The first kappa shape index (κ1) is 14.2. The zero-order valence-corrected chi connectivity index (χ0v) is 9.59. The van der Waals surface area contributed by atoms with E-state index < -0.39 is 11.9 Å². The second-order valence-electron chi connectivity index (χ2n) is 3.07. The van der Waals surface area contributed by atoms with Crippen molar-refractivity contribution >= 4 is 30.0 Å². The van der Waals surface area contributed by atoms with Crippen LogP contribution < -0.4 is 5.73 Å². The third kappa shape index (κ3) is 4.08. The Morgan fingerprint density at radius 1 is 1.47 bits per heavy atom. The van der Waals surface area contributed by atoms with Gasteiger partial charge in [-0.05, 0) is 18.1 Å². The number of rotatable bonds is 4. The molecule has 0 amide bonds. The summed E-state index contributed by atoms with van der Waals surface area (Å²) in [7, 11) is 0. The van der Waals surface area contributed by atoms with E-state index in [1.54, 1.807) is 6.07 Å². The lowest BCUT2D eigenvalue weighted by molar-refractivity contribution is -0.141. The quantitative estimate of drug-likeness (QED) is 0.858. The average molecular weight is 250 g/mol. The van der Waals surface area contributed by atoms with Crippen LogP contribution in [0.1, 0.15) is 5.56 Å². The highest BCUT2D eigenvalue weighted by Gasteiger charge is 2.16. The normalized spacial score (nSPS) is 11.6. The van der Waals surface area contributed by atoms with Crippen molar-refractivity contribution in [1.82, 2.24) is 0 Å².